The molecule has 0 atom stereocenters. The quantitative estimate of drug-likeness (QED) is 0.233. The molecule has 0 fully saturated rings. The molecule has 0 spiro atoms. The van der Waals surface area contributed by atoms with Gasteiger partial charge in [-0.05, 0) is 55.4 Å². The molecule has 0 rings (SSSR count). The molecule has 0 aliphatic carbocycles. The van der Waals surface area contributed by atoms with Crippen LogP contribution in [0.2, 0.25) is 0 Å². The summed E-state index contributed by atoms with van der Waals surface area (Å²) in [6.45, 7) is 16.7. The summed E-state index contributed by atoms with van der Waals surface area (Å²) in [5.41, 5.74) is 0. The molecule has 176 valence electrons. The van der Waals surface area contributed by atoms with Crippen molar-refractivity contribution in [1.29, 1.82) is 10.5 Å². The summed E-state index contributed by atoms with van der Waals surface area (Å²) in [5.74, 6) is 0. The maximum atomic E-state index is 11.9. The van der Waals surface area contributed by atoms with E-state index >= 15 is 0 Å². The molecule has 0 aliphatic heterocycles. The van der Waals surface area contributed by atoms with E-state index in [0.717, 1.165) is 0 Å². The van der Waals surface area contributed by atoms with E-state index in [1.54, 1.807) is 61.5 Å². The molecule has 0 radical (unpaired) electrons. The molecule has 0 bridgehead atoms. The first-order valence-electron chi connectivity index (χ1n) is 9.31. The number of allylic oxidation sites excluding steroid dienone is 1. The van der Waals surface area contributed by atoms with Gasteiger partial charge in [0.15, 0.2) is 0 Å². The third-order valence-electron chi connectivity index (χ3n) is 1.91. The normalized spacial score (nSPS) is 11.3. The molecule has 10 nitrogen and oxygen atoms in total. The van der Waals surface area contributed by atoms with Crippen molar-refractivity contribution in [3.63, 3.8) is 0 Å². The highest BCUT2D eigenvalue weighted by Gasteiger charge is 2.29. The molecule has 0 unspecified atom stereocenters. The van der Waals surface area contributed by atoms with Crippen molar-refractivity contribution in [2.24, 2.45) is 0 Å². The molecule has 0 heterocycles. The molecule has 0 aromatic rings. The standard InChI is InChI=1S/C9H18NO4P.C6H15O4P.C3H3N/c1-8(2)13-15(11,14-9(3)4)12-7-5-6-10;1-5(2)9-11(7,8)10-6(3)4;1-2-3-4/h8-9H,5,7H2,1-4H3;5-6H,1-4H3,(H,7,8);2H,1H2/p-1. The van der Waals surface area contributed by atoms with Gasteiger partial charge in [-0.3, -0.25) is 18.1 Å². The highest BCUT2D eigenvalue weighted by atomic mass is 31.2. The highest BCUT2D eigenvalue weighted by molar-refractivity contribution is 7.48. The van der Waals surface area contributed by atoms with Crippen molar-refractivity contribution in [3.8, 4) is 12.1 Å². The minimum Gasteiger partial charge on any atom is -0.756 e. The Morgan fingerprint density at radius 2 is 1.20 bits per heavy atom. The summed E-state index contributed by atoms with van der Waals surface area (Å²) in [6, 6.07) is 3.58. The number of hydrogen-bond acceptors (Lipinski definition) is 10. The summed E-state index contributed by atoms with van der Waals surface area (Å²) >= 11 is 0. The largest absolute Gasteiger partial charge is 0.756 e. The molecule has 0 aliphatic rings. The molecule has 0 amide bonds. The summed E-state index contributed by atoms with van der Waals surface area (Å²) in [6.07, 6.45) is 0.106. The monoisotopic (exact) mass is 469 g/mol. The molecule has 0 N–H and O–H groups in total. The van der Waals surface area contributed by atoms with Crippen molar-refractivity contribution < 1.29 is 36.6 Å². The van der Waals surface area contributed by atoms with Crippen LogP contribution in [-0.4, -0.2) is 31.0 Å². The molecule has 0 saturated heterocycles. The second kappa shape index (κ2) is 18.7. The van der Waals surface area contributed by atoms with Crippen LogP contribution < -0.4 is 4.89 Å². The lowest BCUT2D eigenvalue weighted by Gasteiger charge is -2.26. The van der Waals surface area contributed by atoms with Gasteiger partial charge in [-0.1, -0.05) is 6.58 Å². The van der Waals surface area contributed by atoms with E-state index in [0.29, 0.717) is 0 Å². The van der Waals surface area contributed by atoms with E-state index in [1.807, 2.05) is 6.07 Å². The highest BCUT2D eigenvalue weighted by Crippen LogP contribution is 2.51. The van der Waals surface area contributed by atoms with Crippen molar-refractivity contribution in [2.75, 3.05) is 6.61 Å². The third-order valence-corrected chi connectivity index (χ3v) is 5.13. The van der Waals surface area contributed by atoms with Gasteiger partial charge in [0, 0.05) is 6.08 Å². The first-order valence-corrected chi connectivity index (χ1v) is 12.2. The van der Waals surface area contributed by atoms with E-state index in [1.165, 1.54) is 6.08 Å². The Morgan fingerprint density at radius 1 is 0.867 bits per heavy atom. The predicted molar refractivity (Wildman–Crippen MR) is 112 cm³/mol. The zero-order valence-electron chi connectivity index (χ0n) is 19.1. The van der Waals surface area contributed by atoms with Crippen LogP contribution in [0.3, 0.4) is 0 Å². The zero-order valence-corrected chi connectivity index (χ0v) is 20.9. The summed E-state index contributed by atoms with van der Waals surface area (Å²) in [5, 5.41) is 15.8. The first-order chi connectivity index (χ1) is 13.6. The van der Waals surface area contributed by atoms with Crippen LogP contribution in [0.1, 0.15) is 61.8 Å². The summed E-state index contributed by atoms with van der Waals surface area (Å²) in [7, 11) is -7.57. The number of rotatable bonds is 11. The van der Waals surface area contributed by atoms with Gasteiger partial charge in [-0.25, -0.2) is 4.57 Å². The Labute approximate surface area is 181 Å². The van der Waals surface area contributed by atoms with E-state index in [-0.39, 0.29) is 37.4 Å². The smallest absolute Gasteiger partial charge is 0.475 e. The number of nitriles is 2. The minimum absolute atomic E-state index is 0.0488. The Hall–Kier alpha value is -1.06. The lowest BCUT2D eigenvalue weighted by atomic mass is 10.5. The fourth-order valence-electron chi connectivity index (χ4n) is 1.35. The fraction of sp³-hybridized carbons (Fsp3) is 0.778. The van der Waals surface area contributed by atoms with Gasteiger partial charge < -0.3 is 13.9 Å². The van der Waals surface area contributed by atoms with E-state index in [9.17, 15) is 14.0 Å². The van der Waals surface area contributed by atoms with Gasteiger partial charge in [0.1, 0.15) is 0 Å². The maximum Gasteiger partial charge on any atom is 0.475 e. The van der Waals surface area contributed by atoms with Crippen LogP contribution >= 0.6 is 15.6 Å². The Bertz CT molecular complexity index is 597. The predicted octanol–water partition coefficient (Wildman–Crippen LogP) is 4.88. The van der Waals surface area contributed by atoms with Crippen LogP contribution in [0.5, 0.6) is 0 Å². The fourth-order valence-corrected chi connectivity index (χ4v) is 3.95. The van der Waals surface area contributed by atoms with E-state index in [4.69, 9.17) is 24.1 Å². The van der Waals surface area contributed by atoms with Crippen molar-refractivity contribution >= 4 is 15.6 Å². The van der Waals surface area contributed by atoms with Gasteiger partial charge in [-0.2, -0.15) is 10.5 Å². The average Bonchev–Trinajstić information content (AvgIpc) is 2.51. The molecular weight excluding hydrogens is 434 g/mol. The van der Waals surface area contributed by atoms with Crippen LogP contribution in [0.25, 0.3) is 0 Å². The topological polar surface area (TPSA) is 151 Å². The van der Waals surface area contributed by atoms with Crippen molar-refractivity contribution in [2.45, 2.75) is 86.2 Å². The average molecular weight is 469 g/mol. The lowest BCUT2D eigenvalue weighted by molar-refractivity contribution is -0.231. The molecule has 12 heteroatoms. The Kier molecular flexibility index (Phi) is 20.9. The van der Waals surface area contributed by atoms with Gasteiger partial charge in [-0.15, -0.1) is 0 Å². The van der Waals surface area contributed by atoms with Crippen LogP contribution in [-0.2, 0) is 31.7 Å². The van der Waals surface area contributed by atoms with Crippen LogP contribution in [0.15, 0.2) is 12.7 Å². The molecule has 0 aromatic carbocycles. The van der Waals surface area contributed by atoms with Gasteiger partial charge >= 0.3 is 7.82 Å². The maximum absolute atomic E-state index is 11.9. The second-order valence-corrected chi connectivity index (χ2v) is 9.48. The van der Waals surface area contributed by atoms with Gasteiger partial charge in [0.05, 0.1) is 49.6 Å². The molecule has 0 aromatic heterocycles. The zero-order chi connectivity index (χ0) is 24.4. The van der Waals surface area contributed by atoms with Gasteiger partial charge in [0.2, 0.25) is 0 Å². The van der Waals surface area contributed by atoms with Crippen LogP contribution in [0, 0.1) is 22.7 Å². The van der Waals surface area contributed by atoms with Gasteiger partial charge in [0.25, 0.3) is 7.82 Å². The number of nitrogens with zero attached hydrogens (tertiary/aromatic N) is 2. The SMILES string of the molecule is C=CC#N.CC(C)OP(=O)(OCCC#N)OC(C)C.CC(C)OP(=O)([O-])OC(C)C. The van der Waals surface area contributed by atoms with E-state index in [2.05, 4.69) is 15.6 Å². The van der Waals surface area contributed by atoms with Crippen molar-refractivity contribution in [3.05, 3.63) is 12.7 Å². The van der Waals surface area contributed by atoms with E-state index < -0.39 is 15.6 Å². The third kappa shape index (κ3) is 26.9. The summed E-state index contributed by atoms with van der Waals surface area (Å²) in [4.78, 5) is 10.8. The number of phosphoric ester groups is 2. The molecule has 0 saturated carbocycles. The van der Waals surface area contributed by atoms with Crippen LogP contribution in [0.4, 0.5) is 0 Å². The van der Waals surface area contributed by atoms with Crippen molar-refractivity contribution in [1.82, 2.24) is 0 Å². The Balaban J connectivity index is -0.000000425. The first kappa shape index (κ1) is 33.6. The summed E-state index contributed by atoms with van der Waals surface area (Å²) < 4.78 is 47.0. The number of hydrogen-bond donors (Lipinski definition) is 0. The molecular formula is C18H35N2O8P2-. The lowest BCUT2D eigenvalue weighted by Crippen LogP contribution is -2.15. The Morgan fingerprint density at radius 3 is 1.43 bits per heavy atom. The second-order valence-electron chi connectivity index (χ2n) is 6.59. The minimum atomic E-state index is -4.05. The molecule has 30 heavy (non-hydrogen) atoms. The number of phosphoric acid groups is 2.